The lowest BCUT2D eigenvalue weighted by Crippen LogP contribution is -2.27. The number of amides is 1. The van der Waals surface area contributed by atoms with E-state index in [4.69, 9.17) is 14.6 Å². The van der Waals surface area contributed by atoms with Crippen molar-refractivity contribution in [1.29, 1.82) is 0 Å². The molecule has 6 heteroatoms. The summed E-state index contributed by atoms with van der Waals surface area (Å²) in [5.74, 6) is 0.183. The van der Waals surface area contributed by atoms with Gasteiger partial charge >= 0.3 is 5.97 Å². The fraction of sp³-hybridized carbons (Fsp3) is 0.364. The molecule has 0 radical (unpaired) electrons. The molecule has 0 aliphatic rings. The highest BCUT2D eigenvalue weighted by molar-refractivity contribution is 6.08. The molecular weight excluding hydrogens is 358 g/mol. The van der Waals surface area contributed by atoms with Crippen molar-refractivity contribution in [2.45, 2.75) is 32.6 Å². The van der Waals surface area contributed by atoms with Gasteiger partial charge in [-0.15, -0.1) is 0 Å². The smallest absolute Gasteiger partial charge is 0.303 e. The Hall–Kier alpha value is -3.02. The molecule has 2 aromatic carbocycles. The number of hydrogen-bond acceptors (Lipinski definition) is 4. The topological polar surface area (TPSA) is 76.1 Å². The van der Waals surface area contributed by atoms with E-state index in [1.165, 1.54) is 7.11 Å². The van der Waals surface area contributed by atoms with Crippen molar-refractivity contribution in [2.24, 2.45) is 0 Å². The predicted octanol–water partition coefficient (Wildman–Crippen LogP) is 4.30. The van der Waals surface area contributed by atoms with Crippen LogP contribution in [0.5, 0.6) is 11.5 Å². The van der Waals surface area contributed by atoms with Gasteiger partial charge in [-0.05, 0) is 56.0 Å². The second-order valence-electron chi connectivity index (χ2n) is 6.59. The van der Waals surface area contributed by atoms with Crippen LogP contribution >= 0.6 is 0 Å². The second-order valence-corrected chi connectivity index (χ2v) is 6.59. The Labute approximate surface area is 165 Å². The van der Waals surface area contributed by atoms with Gasteiger partial charge in [0.2, 0.25) is 0 Å². The van der Waals surface area contributed by atoms with Crippen LogP contribution in [0.15, 0.2) is 42.5 Å². The van der Waals surface area contributed by atoms with Crippen molar-refractivity contribution in [3.63, 3.8) is 0 Å². The molecule has 0 bridgehead atoms. The number of unbranched alkanes of at least 4 members (excludes halogenated alkanes) is 2. The number of carbonyl (C=O) groups is 2. The molecule has 2 aromatic rings. The van der Waals surface area contributed by atoms with E-state index >= 15 is 0 Å². The highest BCUT2D eigenvalue weighted by atomic mass is 16.5. The van der Waals surface area contributed by atoms with E-state index in [0.717, 1.165) is 18.4 Å². The maximum atomic E-state index is 13.0. The molecule has 0 unspecified atom stereocenters. The largest absolute Gasteiger partial charge is 0.496 e. The lowest BCUT2D eigenvalue weighted by atomic mass is 10.1. The summed E-state index contributed by atoms with van der Waals surface area (Å²) in [6.07, 6.45) is 2.34. The standard InChI is InChI=1S/C22H27NO5/c1-16-12-13-18(20(15-16)28-14-8-4-5-11-21(24)25)23(2)22(26)17-9-6-7-10-19(17)27-3/h6-7,9-10,12-13,15H,4-5,8,11,14H2,1-3H3,(H,24,25). The van der Waals surface area contributed by atoms with Gasteiger partial charge in [-0.1, -0.05) is 18.2 Å². The van der Waals surface area contributed by atoms with E-state index in [9.17, 15) is 9.59 Å². The zero-order valence-corrected chi connectivity index (χ0v) is 16.6. The molecule has 0 aliphatic carbocycles. The van der Waals surface area contributed by atoms with Crippen LogP contribution in [0.3, 0.4) is 0 Å². The van der Waals surface area contributed by atoms with Crippen LogP contribution in [0.1, 0.15) is 41.6 Å². The molecule has 28 heavy (non-hydrogen) atoms. The van der Waals surface area contributed by atoms with Gasteiger partial charge in [0, 0.05) is 13.5 Å². The quantitative estimate of drug-likeness (QED) is 0.617. The molecule has 6 nitrogen and oxygen atoms in total. The number of hydrogen-bond donors (Lipinski definition) is 1. The van der Waals surface area contributed by atoms with Crippen LogP contribution in [0.4, 0.5) is 5.69 Å². The molecule has 0 aromatic heterocycles. The number of para-hydroxylation sites is 1. The monoisotopic (exact) mass is 385 g/mol. The summed E-state index contributed by atoms with van der Waals surface area (Å²) in [5.41, 5.74) is 2.18. The van der Waals surface area contributed by atoms with Gasteiger partial charge in [0.25, 0.3) is 5.91 Å². The molecular formula is C22H27NO5. The molecule has 0 atom stereocenters. The van der Waals surface area contributed by atoms with Gasteiger partial charge in [-0.3, -0.25) is 9.59 Å². The van der Waals surface area contributed by atoms with Crippen molar-refractivity contribution in [3.8, 4) is 11.5 Å². The van der Waals surface area contributed by atoms with Crippen LogP contribution in [-0.4, -0.2) is 37.7 Å². The summed E-state index contributed by atoms with van der Waals surface area (Å²) >= 11 is 0. The highest BCUT2D eigenvalue weighted by Gasteiger charge is 2.20. The first-order chi connectivity index (χ1) is 13.4. The summed E-state index contributed by atoms with van der Waals surface area (Å²) in [6, 6.07) is 12.8. The maximum Gasteiger partial charge on any atom is 0.303 e. The molecule has 2 rings (SSSR count). The summed E-state index contributed by atoms with van der Waals surface area (Å²) in [7, 11) is 3.25. The van der Waals surface area contributed by atoms with Gasteiger partial charge in [0.05, 0.1) is 25.0 Å². The number of methoxy groups -OCH3 is 1. The van der Waals surface area contributed by atoms with E-state index < -0.39 is 5.97 Å². The van der Waals surface area contributed by atoms with Gasteiger partial charge in [0.1, 0.15) is 11.5 Å². The lowest BCUT2D eigenvalue weighted by Gasteiger charge is -2.22. The average Bonchev–Trinajstić information content (AvgIpc) is 2.69. The summed E-state index contributed by atoms with van der Waals surface area (Å²) < 4.78 is 11.2. The maximum absolute atomic E-state index is 13.0. The average molecular weight is 385 g/mol. The summed E-state index contributed by atoms with van der Waals surface area (Å²) in [6.45, 7) is 2.43. The van der Waals surface area contributed by atoms with E-state index in [1.807, 2.05) is 31.2 Å². The zero-order valence-electron chi connectivity index (χ0n) is 16.6. The molecule has 0 spiro atoms. The number of aryl methyl sites for hydroxylation is 1. The number of aliphatic carboxylic acids is 1. The van der Waals surface area contributed by atoms with E-state index in [2.05, 4.69) is 0 Å². The first-order valence-electron chi connectivity index (χ1n) is 9.30. The molecule has 1 amide bonds. The zero-order chi connectivity index (χ0) is 20.5. The Morgan fingerprint density at radius 2 is 1.79 bits per heavy atom. The van der Waals surface area contributed by atoms with Gasteiger partial charge < -0.3 is 19.5 Å². The third kappa shape index (κ3) is 5.74. The van der Waals surface area contributed by atoms with Crippen molar-refractivity contribution >= 4 is 17.6 Å². The Morgan fingerprint density at radius 3 is 2.50 bits per heavy atom. The van der Waals surface area contributed by atoms with Crippen molar-refractivity contribution in [1.82, 2.24) is 0 Å². The second kappa shape index (κ2) is 10.3. The fourth-order valence-electron chi connectivity index (χ4n) is 2.86. The van der Waals surface area contributed by atoms with Crippen LogP contribution < -0.4 is 14.4 Å². The predicted molar refractivity (Wildman–Crippen MR) is 109 cm³/mol. The van der Waals surface area contributed by atoms with Gasteiger partial charge in [-0.2, -0.15) is 0 Å². The SMILES string of the molecule is COc1ccccc1C(=O)N(C)c1ccc(C)cc1OCCCCCC(=O)O. The summed E-state index contributed by atoms with van der Waals surface area (Å²) in [5, 5.41) is 8.68. The highest BCUT2D eigenvalue weighted by Crippen LogP contribution is 2.31. The van der Waals surface area contributed by atoms with E-state index in [0.29, 0.717) is 35.8 Å². The number of carboxylic acid groups (broad SMARTS) is 1. The molecule has 1 N–H and O–H groups in total. The van der Waals surface area contributed by atoms with Gasteiger partial charge in [-0.25, -0.2) is 0 Å². The number of benzene rings is 2. The minimum atomic E-state index is -0.779. The number of carboxylic acids is 1. The first kappa shape index (κ1) is 21.3. The Morgan fingerprint density at radius 1 is 1.04 bits per heavy atom. The van der Waals surface area contributed by atoms with Crippen molar-refractivity contribution in [2.75, 3.05) is 25.7 Å². The molecule has 0 heterocycles. The number of rotatable bonds is 10. The number of anilines is 1. The number of carbonyl (C=O) groups excluding carboxylic acids is 1. The molecule has 0 aliphatic heterocycles. The minimum absolute atomic E-state index is 0.172. The molecule has 0 saturated heterocycles. The van der Waals surface area contributed by atoms with Crippen LogP contribution in [0, 0.1) is 6.92 Å². The Bertz CT molecular complexity index is 818. The van der Waals surface area contributed by atoms with E-state index in [1.54, 1.807) is 30.1 Å². The molecule has 0 saturated carbocycles. The van der Waals surface area contributed by atoms with Gasteiger partial charge in [0.15, 0.2) is 0 Å². The first-order valence-corrected chi connectivity index (χ1v) is 9.30. The normalized spacial score (nSPS) is 10.4. The van der Waals surface area contributed by atoms with Crippen molar-refractivity contribution < 1.29 is 24.2 Å². The van der Waals surface area contributed by atoms with Crippen LogP contribution in [0.25, 0.3) is 0 Å². The van der Waals surface area contributed by atoms with Crippen LogP contribution in [0.2, 0.25) is 0 Å². The number of nitrogens with zero attached hydrogens (tertiary/aromatic N) is 1. The minimum Gasteiger partial charge on any atom is -0.496 e. The number of ether oxygens (including phenoxy) is 2. The van der Waals surface area contributed by atoms with E-state index in [-0.39, 0.29) is 12.3 Å². The van der Waals surface area contributed by atoms with Crippen LogP contribution in [-0.2, 0) is 4.79 Å². The third-order valence-electron chi connectivity index (χ3n) is 4.41. The molecule has 0 fully saturated rings. The van der Waals surface area contributed by atoms with Crippen molar-refractivity contribution in [3.05, 3.63) is 53.6 Å². The Kier molecular flexibility index (Phi) is 7.87. The fourth-order valence-corrected chi connectivity index (χ4v) is 2.86. The lowest BCUT2D eigenvalue weighted by molar-refractivity contribution is -0.137. The molecule has 150 valence electrons. The Balaban J connectivity index is 2.10. The summed E-state index contributed by atoms with van der Waals surface area (Å²) in [4.78, 5) is 25.1. The third-order valence-corrected chi connectivity index (χ3v) is 4.41.